The number of hydrogen-bond acceptors (Lipinski definition) is 3. The Hall–Kier alpha value is -0.810. The van der Waals surface area contributed by atoms with Crippen molar-refractivity contribution in [2.75, 3.05) is 33.4 Å². The predicted octanol–water partition coefficient (Wildman–Crippen LogP) is 2.32. The van der Waals surface area contributed by atoms with Gasteiger partial charge in [0, 0.05) is 45.8 Å². The van der Waals surface area contributed by atoms with Crippen LogP contribution < -0.4 is 10.6 Å². The third kappa shape index (κ3) is 5.13. The molecule has 0 unspecified atom stereocenters. The molecule has 2 N–H and O–H groups in total. The standard InChI is InChI=1S/C17H33N3O2/c1-4-18-16(20-15-7-5-14(2)6-8-15)19-13-17(21-3)9-11-22-12-10-17/h14-15H,4-13H2,1-3H3,(H2,18,19,20). The average Bonchev–Trinajstić information content (AvgIpc) is 2.56. The smallest absolute Gasteiger partial charge is 0.191 e. The van der Waals surface area contributed by atoms with Crippen molar-refractivity contribution in [2.45, 2.75) is 64.0 Å². The maximum atomic E-state index is 5.77. The lowest BCUT2D eigenvalue weighted by molar-refractivity contribution is -0.0828. The molecule has 0 aromatic carbocycles. The zero-order valence-electron chi connectivity index (χ0n) is 14.5. The molecule has 0 bridgehead atoms. The van der Waals surface area contributed by atoms with E-state index in [4.69, 9.17) is 14.5 Å². The zero-order valence-corrected chi connectivity index (χ0v) is 14.5. The van der Waals surface area contributed by atoms with Crippen LogP contribution in [0.4, 0.5) is 0 Å². The molecule has 1 saturated heterocycles. The molecule has 1 saturated carbocycles. The third-order valence-corrected chi connectivity index (χ3v) is 5.06. The van der Waals surface area contributed by atoms with Gasteiger partial charge in [0.1, 0.15) is 0 Å². The van der Waals surface area contributed by atoms with Gasteiger partial charge < -0.3 is 20.1 Å². The maximum Gasteiger partial charge on any atom is 0.191 e. The van der Waals surface area contributed by atoms with Gasteiger partial charge in [-0.25, -0.2) is 0 Å². The normalized spacial score (nSPS) is 29.1. The van der Waals surface area contributed by atoms with E-state index in [9.17, 15) is 0 Å². The van der Waals surface area contributed by atoms with Crippen molar-refractivity contribution in [1.82, 2.24) is 10.6 Å². The number of guanidine groups is 1. The van der Waals surface area contributed by atoms with Gasteiger partial charge in [-0.15, -0.1) is 0 Å². The highest BCUT2D eigenvalue weighted by Gasteiger charge is 2.32. The highest BCUT2D eigenvalue weighted by Crippen LogP contribution is 2.25. The first-order valence-electron chi connectivity index (χ1n) is 8.85. The molecule has 22 heavy (non-hydrogen) atoms. The lowest BCUT2D eigenvalue weighted by Gasteiger charge is -2.35. The lowest BCUT2D eigenvalue weighted by atomic mass is 9.87. The minimum Gasteiger partial charge on any atom is -0.381 e. The summed E-state index contributed by atoms with van der Waals surface area (Å²) in [7, 11) is 1.80. The minimum atomic E-state index is -0.151. The summed E-state index contributed by atoms with van der Waals surface area (Å²) in [6, 6.07) is 0.558. The first kappa shape index (κ1) is 17.5. The zero-order chi connectivity index (χ0) is 15.8. The van der Waals surface area contributed by atoms with Crippen molar-refractivity contribution in [3.63, 3.8) is 0 Å². The molecule has 1 aliphatic carbocycles. The largest absolute Gasteiger partial charge is 0.381 e. The van der Waals surface area contributed by atoms with Gasteiger partial charge in [0.2, 0.25) is 0 Å². The SMILES string of the molecule is CCNC(=NCC1(OC)CCOCC1)NC1CCC(C)CC1. The number of aliphatic imine (C=N–C) groups is 1. The average molecular weight is 311 g/mol. The van der Waals surface area contributed by atoms with Gasteiger partial charge in [0.15, 0.2) is 5.96 Å². The molecule has 0 atom stereocenters. The topological polar surface area (TPSA) is 54.9 Å². The van der Waals surface area contributed by atoms with Crippen molar-refractivity contribution in [2.24, 2.45) is 10.9 Å². The predicted molar refractivity (Wildman–Crippen MR) is 90.3 cm³/mol. The van der Waals surface area contributed by atoms with Gasteiger partial charge in [-0.3, -0.25) is 4.99 Å². The van der Waals surface area contributed by atoms with Crippen LogP contribution in [-0.4, -0.2) is 51.0 Å². The molecule has 128 valence electrons. The van der Waals surface area contributed by atoms with Gasteiger partial charge in [-0.05, 0) is 38.5 Å². The summed E-state index contributed by atoms with van der Waals surface area (Å²) in [5.74, 6) is 1.81. The van der Waals surface area contributed by atoms with E-state index in [2.05, 4.69) is 24.5 Å². The fourth-order valence-electron chi connectivity index (χ4n) is 3.31. The van der Waals surface area contributed by atoms with E-state index < -0.39 is 0 Å². The molecule has 2 fully saturated rings. The Morgan fingerprint density at radius 2 is 1.91 bits per heavy atom. The monoisotopic (exact) mass is 311 g/mol. The number of ether oxygens (including phenoxy) is 2. The molecular formula is C17H33N3O2. The van der Waals surface area contributed by atoms with Gasteiger partial charge in [-0.2, -0.15) is 0 Å². The Balaban J connectivity index is 1.91. The van der Waals surface area contributed by atoms with E-state index in [0.717, 1.165) is 44.5 Å². The van der Waals surface area contributed by atoms with Gasteiger partial charge in [0.25, 0.3) is 0 Å². The van der Waals surface area contributed by atoms with Crippen LogP contribution in [0, 0.1) is 5.92 Å². The summed E-state index contributed by atoms with van der Waals surface area (Å²) in [6.07, 6.45) is 6.97. The van der Waals surface area contributed by atoms with E-state index in [1.54, 1.807) is 7.11 Å². The molecule has 1 heterocycles. The fraction of sp³-hybridized carbons (Fsp3) is 0.941. The number of methoxy groups -OCH3 is 1. The Labute approximate surface area is 135 Å². The van der Waals surface area contributed by atoms with Crippen LogP contribution in [0.2, 0.25) is 0 Å². The highest BCUT2D eigenvalue weighted by atomic mass is 16.5. The Morgan fingerprint density at radius 1 is 1.23 bits per heavy atom. The summed E-state index contributed by atoms with van der Waals surface area (Å²) in [5.41, 5.74) is -0.151. The van der Waals surface area contributed by atoms with Crippen LogP contribution in [-0.2, 0) is 9.47 Å². The Morgan fingerprint density at radius 3 is 2.50 bits per heavy atom. The number of nitrogens with zero attached hydrogens (tertiary/aromatic N) is 1. The molecule has 0 aromatic rings. The molecule has 0 spiro atoms. The van der Waals surface area contributed by atoms with Gasteiger partial charge in [0.05, 0.1) is 12.1 Å². The molecule has 1 aliphatic heterocycles. The fourth-order valence-corrected chi connectivity index (χ4v) is 3.31. The first-order chi connectivity index (χ1) is 10.7. The molecule has 2 aliphatic rings. The third-order valence-electron chi connectivity index (χ3n) is 5.06. The van der Waals surface area contributed by atoms with E-state index in [1.165, 1.54) is 25.7 Å². The summed E-state index contributed by atoms with van der Waals surface area (Å²) in [6.45, 7) is 7.59. The second-order valence-corrected chi connectivity index (χ2v) is 6.80. The van der Waals surface area contributed by atoms with Crippen molar-refractivity contribution in [3.05, 3.63) is 0 Å². The summed E-state index contributed by atoms with van der Waals surface area (Å²) in [4.78, 5) is 4.81. The van der Waals surface area contributed by atoms with Crippen molar-refractivity contribution < 1.29 is 9.47 Å². The second-order valence-electron chi connectivity index (χ2n) is 6.80. The van der Waals surface area contributed by atoms with Crippen LogP contribution in [0.15, 0.2) is 4.99 Å². The second kappa shape index (κ2) is 8.73. The van der Waals surface area contributed by atoms with Crippen LogP contribution in [0.25, 0.3) is 0 Å². The maximum absolute atomic E-state index is 5.77. The number of hydrogen-bond donors (Lipinski definition) is 2. The molecule has 5 heteroatoms. The molecule has 2 rings (SSSR count). The molecular weight excluding hydrogens is 278 g/mol. The number of rotatable bonds is 5. The summed E-state index contributed by atoms with van der Waals surface area (Å²) in [5, 5.41) is 6.98. The lowest BCUT2D eigenvalue weighted by Crippen LogP contribution is -2.47. The van der Waals surface area contributed by atoms with E-state index in [-0.39, 0.29) is 5.60 Å². The van der Waals surface area contributed by atoms with Crippen LogP contribution in [0.3, 0.4) is 0 Å². The summed E-state index contributed by atoms with van der Waals surface area (Å²) < 4.78 is 11.2. The van der Waals surface area contributed by atoms with Crippen LogP contribution in [0.5, 0.6) is 0 Å². The molecule has 0 amide bonds. The highest BCUT2D eigenvalue weighted by molar-refractivity contribution is 5.80. The van der Waals surface area contributed by atoms with Crippen LogP contribution >= 0.6 is 0 Å². The van der Waals surface area contributed by atoms with Crippen molar-refractivity contribution in [3.8, 4) is 0 Å². The summed E-state index contributed by atoms with van der Waals surface area (Å²) >= 11 is 0. The van der Waals surface area contributed by atoms with Crippen molar-refractivity contribution >= 4 is 5.96 Å². The van der Waals surface area contributed by atoms with Gasteiger partial charge in [-0.1, -0.05) is 6.92 Å². The Kier molecular flexibility index (Phi) is 6.96. The van der Waals surface area contributed by atoms with E-state index in [0.29, 0.717) is 12.6 Å². The molecule has 0 aromatic heterocycles. The minimum absolute atomic E-state index is 0.151. The first-order valence-corrected chi connectivity index (χ1v) is 8.85. The molecule has 5 nitrogen and oxygen atoms in total. The Bertz CT molecular complexity index is 346. The van der Waals surface area contributed by atoms with Crippen LogP contribution in [0.1, 0.15) is 52.4 Å². The molecule has 0 radical (unpaired) electrons. The van der Waals surface area contributed by atoms with Gasteiger partial charge >= 0.3 is 0 Å². The van der Waals surface area contributed by atoms with E-state index in [1.807, 2.05) is 0 Å². The van der Waals surface area contributed by atoms with E-state index >= 15 is 0 Å². The van der Waals surface area contributed by atoms with Crippen molar-refractivity contribution in [1.29, 1.82) is 0 Å². The quantitative estimate of drug-likeness (QED) is 0.604. The number of nitrogens with one attached hydrogen (secondary N) is 2.